The van der Waals surface area contributed by atoms with Crippen molar-refractivity contribution in [1.82, 2.24) is 0 Å². The lowest BCUT2D eigenvalue weighted by Crippen LogP contribution is -2.15. The number of nitro groups is 1. The van der Waals surface area contributed by atoms with Gasteiger partial charge < -0.3 is 11.1 Å². The van der Waals surface area contributed by atoms with E-state index in [1.165, 1.54) is 23.9 Å². The van der Waals surface area contributed by atoms with Crippen LogP contribution in [-0.2, 0) is 4.79 Å². The largest absolute Gasteiger partial charge is 0.399 e. The van der Waals surface area contributed by atoms with Gasteiger partial charge in [0.25, 0.3) is 5.69 Å². The van der Waals surface area contributed by atoms with Gasteiger partial charge in [0.1, 0.15) is 0 Å². The van der Waals surface area contributed by atoms with Gasteiger partial charge in [-0.25, -0.2) is 0 Å². The number of aryl methyl sites for hydroxylation is 1. The Labute approximate surface area is 131 Å². The maximum atomic E-state index is 12.0. The summed E-state index contributed by atoms with van der Waals surface area (Å²) in [4.78, 5) is 23.1. The zero-order chi connectivity index (χ0) is 16.1. The molecular formula is C15H15N3O3S. The molecule has 0 saturated carbocycles. The Morgan fingerprint density at radius 2 is 2.09 bits per heavy atom. The first kappa shape index (κ1) is 15.8. The highest BCUT2D eigenvalue weighted by Gasteiger charge is 2.11. The first-order valence-electron chi connectivity index (χ1n) is 6.49. The maximum absolute atomic E-state index is 12.0. The van der Waals surface area contributed by atoms with Crippen molar-refractivity contribution >= 4 is 34.7 Å². The van der Waals surface area contributed by atoms with Crippen molar-refractivity contribution in [3.05, 3.63) is 58.1 Å². The molecule has 0 aromatic heterocycles. The molecule has 0 atom stereocenters. The highest BCUT2D eigenvalue weighted by Crippen LogP contribution is 2.23. The van der Waals surface area contributed by atoms with E-state index in [9.17, 15) is 14.9 Å². The van der Waals surface area contributed by atoms with E-state index in [1.807, 2.05) is 12.1 Å². The molecule has 0 fully saturated rings. The number of hydrogen-bond acceptors (Lipinski definition) is 5. The Morgan fingerprint density at radius 3 is 2.77 bits per heavy atom. The lowest BCUT2D eigenvalue weighted by molar-refractivity contribution is -0.384. The van der Waals surface area contributed by atoms with Crippen molar-refractivity contribution < 1.29 is 9.72 Å². The Balaban J connectivity index is 2.00. The van der Waals surface area contributed by atoms with E-state index in [4.69, 9.17) is 5.73 Å². The predicted octanol–water partition coefficient (Wildman–Crippen LogP) is 3.22. The topological polar surface area (TPSA) is 98.3 Å². The van der Waals surface area contributed by atoms with Crippen molar-refractivity contribution in [3.8, 4) is 0 Å². The third-order valence-electron chi connectivity index (χ3n) is 2.93. The van der Waals surface area contributed by atoms with Gasteiger partial charge in [-0.1, -0.05) is 12.1 Å². The van der Waals surface area contributed by atoms with E-state index >= 15 is 0 Å². The normalized spacial score (nSPS) is 10.2. The molecule has 0 unspecified atom stereocenters. The molecule has 3 N–H and O–H groups in total. The number of nitro benzene ring substituents is 1. The van der Waals surface area contributed by atoms with Crippen LogP contribution in [0.2, 0.25) is 0 Å². The quantitative estimate of drug-likeness (QED) is 0.382. The number of hydrogen-bond donors (Lipinski definition) is 2. The van der Waals surface area contributed by atoms with Crippen molar-refractivity contribution in [2.24, 2.45) is 0 Å². The molecule has 0 aliphatic heterocycles. The Bertz CT molecular complexity index is 719. The van der Waals surface area contributed by atoms with Crippen molar-refractivity contribution in [3.63, 3.8) is 0 Å². The standard InChI is InChI=1S/C15H15N3O3S/c1-10-5-6-12(18(20)21)8-14(10)17-15(19)9-22-13-4-2-3-11(16)7-13/h2-8H,9,16H2,1H3,(H,17,19). The van der Waals surface area contributed by atoms with E-state index in [0.717, 1.165) is 10.5 Å². The summed E-state index contributed by atoms with van der Waals surface area (Å²) >= 11 is 1.35. The van der Waals surface area contributed by atoms with Crippen LogP contribution >= 0.6 is 11.8 Å². The average molecular weight is 317 g/mol. The molecule has 2 aromatic rings. The van der Waals surface area contributed by atoms with Crippen LogP contribution in [0.15, 0.2) is 47.4 Å². The third kappa shape index (κ3) is 4.23. The number of nitrogens with two attached hydrogens (primary N) is 1. The monoisotopic (exact) mass is 317 g/mol. The molecule has 2 aromatic carbocycles. The molecule has 0 heterocycles. The fraction of sp³-hybridized carbons (Fsp3) is 0.133. The van der Waals surface area contributed by atoms with E-state index < -0.39 is 4.92 Å². The Hall–Kier alpha value is -2.54. The number of carbonyl (C=O) groups excluding carboxylic acids is 1. The summed E-state index contributed by atoms with van der Waals surface area (Å²) in [6, 6.07) is 11.6. The zero-order valence-corrected chi connectivity index (χ0v) is 12.7. The van der Waals surface area contributed by atoms with Gasteiger partial charge in [0.15, 0.2) is 0 Å². The Kier molecular flexibility index (Phi) is 5.00. The number of amides is 1. The fourth-order valence-corrected chi connectivity index (χ4v) is 2.56. The number of benzene rings is 2. The summed E-state index contributed by atoms with van der Waals surface area (Å²) in [6.07, 6.45) is 0. The van der Waals surface area contributed by atoms with Crippen molar-refractivity contribution in [1.29, 1.82) is 0 Å². The maximum Gasteiger partial charge on any atom is 0.271 e. The molecule has 0 aliphatic rings. The third-order valence-corrected chi connectivity index (χ3v) is 3.93. The molecule has 0 bridgehead atoms. The fourth-order valence-electron chi connectivity index (χ4n) is 1.80. The van der Waals surface area contributed by atoms with Gasteiger partial charge in [0, 0.05) is 22.7 Å². The molecule has 0 spiro atoms. The van der Waals surface area contributed by atoms with Crippen LogP contribution in [0.1, 0.15) is 5.56 Å². The molecule has 0 saturated heterocycles. The average Bonchev–Trinajstić information content (AvgIpc) is 2.47. The van der Waals surface area contributed by atoms with Crippen LogP contribution in [0, 0.1) is 17.0 Å². The summed E-state index contributed by atoms with van der Waals surface area (Å²) in [5.41, 5.74) is 7.49. The van der Waals surface area contributed by atoms with Gasteiger partial charge in [-0.3, -0.25) is 14.9 Å². The van der Waals surface area contributed by atoms with E-state index in [2.05, 4.69) is 5.32 Å². The molecule has 0 aliphatic carbocycles. The van der Waals surface area contributed by atoms with E-state index in [1.54, 1.807) is 25.1 Å². The smallest absolute Gasteiger partial charge is 0.271 e. The summed E-state index contributed by atoms with van der Waals surface area (Å²) in [6.45, 7) is 1.78. The highest BCUT2D eigenvalue weighted by atomic mass is 32.2. The molecule has 1 amide bonds. The second-order valence-electron chi connectivity index (χ2n) is 4.67. The lowest BCUT2D eigenvalue weighted by atomic mass is 10.2. The number of nitrogen functional groups attached to an aromatic ring is 1. The van der Waals surface area contributed by atoms with Gasteiger partial charge >= 0.3 is 0 Å². The SMILES string of the molecule is Cc1ccc([N+](=O)[O-])cc1NC(=O)CSc1cccc(N)c1. The molecule has 22 heavy (non-hydrogen) atoms. The van der Waals surface area contributed by atoms with Crippen LogP contribution in [-0.4, -0.2) is 16.6 Å². The van der Waals surface area contributed by atoms with E-state index in [-0.39, 0.29) is 17.3 Å². The first-order chi connectivity index (χ1) is 10.5. The minimum Gasteiger partial charge on any atom is -0.399 e. The summed E-state index contributed by atoms with van der Waals surface area (Å²) in [7, 11) is 0. The summed E-state index contributed by atoms with van der Waals surface area (Å²) < 4.78 is 0. The summed E-state index contributed by atoms with van der Waals surface area (Å²) in [5.74, 6) is -0.0259. The number of nitrogens with zero attached hydrogens (tertiary/aromatic N) is 1. The van der Waals surface area contributed by atoms with Crippen molar-refractivity contribution in [2.45, 2.75) is 11.8 Å². The van der Waals surface area contributed by atoms with Crippen LogP contribution in [0.25, 0.3) is 0 Å². The predicted molar refractivity (Wildman–Crippen MR) is 88.0 cm³/mol. The minimum atomic E-state index is -0.489. The number of thioether (sulfide) groups is 1. The molecular weight excluding hydrogens is 302 g/mol. The van der Waals surface area contributed by atoms with Crippen LogP contribution in [0.4, 0.5) is 17.1 Å². The molecule has 0 radical (unpaired) electrons. The van der Waals surface area contributed by atoms with Gasteiger partial charge in [0.05, 0.1) is 16.4 Å². The van der Waals surface area contributed by atoms with Crippen LogP contribution < -0.4 is 11.1 Å². The first-order valence-corrected chi connectivity index (χ1v) is 7.47. The molecule has 114 valence electrons. The van der Waals surface area contributed by atoms with Gasteiger partial charge in [-0.15, -0.1) is 11.8 Å². The molecule has 6 nitrogen and oxygen atoms in total. The number of rotatable bonds is 5. The van der Waals surface area contributed by atoms with Gasteiger partial charge in [0.2, 0.25) is 5.91 Å². The second kappa shape index (κ2) is 6.95. The van der Waals surface area contributed by atoms with Gasteiger partial charge in [-0.05, 0) is 30.7 Å². The number of nitrogens with one attached hydrogen (secondary N) is 1. The molecule has 7 heteroatoms. The van der Waals surface area contributed by atoms with Crippen LogP contribution in [0.5, 0.6) is 0 Å². The zero-order valence-electron chi connectivity index (χ0n) is 11.9. The van der Waals surface area contributed by atoms with Crippen molar-refractivity contribution in [2.75, 3.05) is 16.8 Å². The number of anilines is 2. The molecule has 2 rings (SSSR count). The number of non-ortho nitro benzene ring substituents is 1. The van der Waals surface area contributed by atoms with Gasteiger partial charge in [-0.2, -0.15) is 0 Å². The highest BCUT2D eigenvalue weighted by molar-refractivity contribution is 8.00. The lowest BCUT2D eigenvalue weighted by Gasteiger charge is -2.08. The minimum absolute atomic E-state index is 0.0515. The number of carbonyl (C=O) groups is 1. The Morgan fingerprint density at radius 1 is 1.32 bits per heavy atom. The second-order valence-corrected chi connectivity index (χ2v) is 5.71. The van der Waals surface area contributed by atoms with Crippen LogP contribution in [0.3, 0.4) is 0 Å². The van der Waals surface area contributed by atoms with E-state index in [0.29, 0.717) is 11.4 Å². The summed E-state index contributed by atoms with van der Waals surface area (Å²) in [5, 5.41) is 13.5.